The zero-order valence-electron chi connectivity index (χ0n) is 9.91. The van der Waals surface area contributed by atoms with Gasteiger partial charge in [-0.3, -0.25) is 0 Å². The summed E-state index contributed by atoms with van der Waals surface area (Å²) in [6.45, 7) is 2.26. The summed E-state index contributed by atoms with van der Waals surface area (Å²) >= 11 is 12.1. The molecule has 0 atom stereocenters. The first kappa shape index (κ1) is 13.1. The van der Waals surface area contributed by atoms with Crippen LogP contribution >= 0.6 is 23.2 Å². The van der Waals surface area contributed by atoms with E-state index in [1.807, 2.05) is 31.2 Å². The van der Waals surface area contributed by atoms with Gasteiger partial charge in [-0.2, -0.15) is 0 Å². The van der Waals surface area contributed by atoms with Crippen LogP contribution in [-0.2, 0) is 6.61 Å². The van der Waals surface area contributed by atoms with Crippen LogP contribution in [0.15, 0.2) is 36.4 Å². The molecule has 0 spiro atoms. The number of nitrogens with two attached hydrogens (primary N) is 1. The lowest BCUT2D eigenvalue weighted by Crippen LogP contribution is -2.00. The highest BCUT2D eigenvalue weighted by Gasteiger charge is 2.07. The highest BCUT2D eigenvalue weighted by Crippen LogP contribution is 2.31. The summed E-state index contributed by atoms with van der Waals surface area (Å²) in [5.41, 5.74) is 8.38. The molecule has 0 amide bonds. The Kier molecular flexibility index (Phi) is 4.00. The Morgan fingerprint density at radius 1 is 1.11 bits per heavy atom. The zero-order valence-corrected chi connectivity index (χ0v) is 11.4. The van der Waals surface area contributed by atoms with Gasteiger partial charge in [0.15, 0.2) is 0 Å². The Labute approximate surface area is 116 Å². The molecule has 0 aliphatic rings. The third kappa shape index (κ3) is 2.89. The summed E-state index contributed by atoms with van der Waals surface area (Å²) in [6, 6.07) is 11.1. The average molecular weight is 282 g/mol. The van der Waals surface area contributed by atoms with Gasteiger partial charge in [-0.25, -0.2) is 0 Å². The van der Waals surface area contributed by atoms with Crippen LogP contribution in [0.4, 0.5) is 5.69 Å². The summed E-state index contributed by atoms with van der Waals surface area (Å²) < 4.78 is 5.64. The molecule has 2 N–H and O–H groups in total. The molecule has 0 bridgehead atoms. The van der Waals surface area contributed by atoms with Gasteiger partial charge in [-0.15, -0.1) is 0 Å². The van der Waals surface area contributed by atoms with E-state index in [-0.39, 0.29) is 0 Å². The Morgan fingerprint density at radius 2 is 1.83 bits per heavy atom. The van der Waals surface area contributed by atoms with Crippen molar-refractivity contribution in [2.45, 2.75) is 13.5 Å². The Morgan fingerprint density at radius 3 is 2.56 bits per heavy atom. The van der Waals surface area contributed by atoms with Crippen LogP contribution in [0.5, 0.6) is 5.75 Å². The highest BCUT2D eigenvalue weighted by atomic mass is 35.5. The fourth-order valence-electron chi connectivity index (χ4n) is 1.56. The maximum Gasteiger partial charge on any atom is 0.139 e. The lowest BCUT2D eigenvalue weighted by atomic mass is 10.2. The minimum atomic E-state index is 0.367. The molecule has 4 heteroatoms. The first-order valence-corrected chi connectivity index (χ1v) is 6.25. The van der Waals surface area contributed by atoms with Crippen LogP contribution in [0.1, 0.15) is 11.1 Å². The predicted octanol–water partition coefficient (Wildman–Crippen LogP) is 4.46. The van der Waals surface area contributed by atoms with E-state index in [1.165, 1.54) is 0 Å². The molecular weight excluding hydrogens is 269 g/mol. The standard InChI is InChI=1S/C14H13Cl2NO/c1-9-6-12(16)14(7-11(9)15)18-8-10-4-2-3-5-13(10)17/h2-7H,8,17H2,1H3. The molecule has 0 heterocycles. The number of hydrogen-bond donors (Lipinski definition) is 1. The number of para-hydroxylation sites is 1. The molecule has 0 saturated carbocycles. The van der Waals surface area contributed by atoms with E-state index in [1.54, 1.807) is 12.1 Å². The molecule has 2 aromatic rings. The number of nitrogen functional groups attached to an aromatic ring is 1. The Balaban J connectivity index is 2.16. The van der Waals surface area contributed by atoms with E-state index < -0.39 is 0 Å². The molecule has 0 aromatic heterocycles. The van der Waals surface area contributed by atoms with Gasteiger partial charge in [0.1, 0.15) is 12.4 Å². The SMILES string of the molecule is Cc1cc(Cl)c(OCc2ccccc2N)cc1Cl. The van der Waals surface area contributed by atoms with Gasteiger partial charge in [0.25, 0.3) is 0 Å². The van der Waals surface area contributed by atoms with Crippen LogP contribution in [0.25, 0.3) is 0 Å². The van der Waals surface area contributed by atoms with Crippen molar-refractivity contribution in [3.63, 3.8) is 0 Å². The maximum absolute atomic E-state index is 6.09. The van der Waals surface area contributed by atoms with Crippen molar-refractivity contribution < 1.29 is 4.74 Å². The summed E-state index contributed by atoms with van der Waals surface area (Å²) in [5.74, 6) is 0.565. The second kappa shape index (κ2) is 5.51. The van der Waals surface area contributed by atoms with Crippen LogP contribution < -0.4 is 10.5 Å². The van der Waals surface area contributed by atoms with Crippen LogP contribution in [0.2, 0.25) is 10.0 Å². The van der Waals surface area contributed by atoms with Crippen LogP contribution in [0.3, 0.4) is 0 Å². The van der Waals surface area contributed by atoms with Crippen LogP contribution in [-0.4, -0.2) is 0 Å². The van der Waals surface area contributed by atoms with Crippen LogP contribution in [0, 0.1) is 6.92 Å². The van der Waals surface area contributed by atoms with Gasteiger partial charge in [0.05, 0.1) is 5.02 Å². The predicted molar refractivity (Wildman–Crippen MR) is 76.4 cm³/mol. The summed E-state index contributed by atoms with van der Waals surface area (Å²) in [7, 11) is 0. The van der Waals surface area contributed by atoms with Gasteiger partial charge in [-0.1, -0.05) is 41.4 Å². The fraction of sp³-hybridized carbons (Fsp3) is 0.143. The minimum absolute atomic E-state index is 0.367. The molecule has 0 aliphatic heterocycles. The Hall–Kier alpha value is -1.38. The smallest absolute Gasteiger partial charge is 0.139 e. The lowest BCUT2D eigenvalue weighted by Gasteiger charge is -2.11. The van der Waals surface area contributed by atoms with Crippen molar-refractivity contribution in [2.75, 3.05) is 5.73 Å². The molecule has 0 aliphatic carbocycles. The topological polar surface area (TPSA) is 35.2 Å². The van der Waals surface area contributed by atoms with E-state index in [0.717, 1.165) is 11.1 Å². The molecule has 0 fully saturated rings. The molecule has 0 saturated heterocycles. The quantitative estimate of drug-likeness (QED) is 0.843. The number of ether oxygens (including phenoxy) is 1. The Bertz CT molecular complexity index is 570. The number of benzene rings is 2. The van der Waals surface area contributed by atoms with Gasteiger partial charge in [-0.05, 0) is 24.6 Å². The third-order valence-corrected chi connectivity index (χ3v) is 3.35. The van der Waals surface area contributed by atoms with Crippen molar-refractivity contribution in [3.05, 3.63) is 57.6 Å². The first-order valence-electron chi connectivity index (χ1n) is 5.50. The summed E-state index contributed by atoms with van der Waals surface area (Å²) in [5, 5.41) is 1.18. The van der Waals surface area contributed by atoms with E-state index in [4.69, 9.17) is 33.7 Å². The summed E-state index contributed by atoms with van der Waals surface area (Å²) in [4.78, 5) is 0. The first-order chi connectivity index (χ1) is 8.58. The van der Waals surface area contributed by atoms with Gasteiger partial charge >= 0.3 is 0 Å². The maximum atomic E-state index is 6.09. The molecule has 2 rings (SSSR count). The lowest BCUT2D eigenvalue weighted by molar-refractivity contribution is 0.307. The van der Waals surface area contributed by atoms with Crippen molar-refractivity contribution in [2.24, 2.45) is 0 Å². The van der Waals surface area contributed by atoms with Crippen molar-refractivity contribution in [3.8, 4) is 5.75 Å². The molecule has 2 aromatic carbocycles. The van der Waals surface area contributed by atoms with Crippen molar-refractivity contribution in [1.82, 2.24) is 0 Å². The number of hydrogen-bond acceptors (Lipinski definition) is 2. The monoisotopic (exact) mass is 281 g/mol. The molecule has 0 unspecified atom stereocenters. The summed E-state index contributed by atoms with van der Waals surface area (Å²) in [6.07, 6.45) is 0. The van der Waals surface area contributed by atoms with E-state index in [2.05, 4.69) is 0 Å². The molecule has 18 heavy (non-hydrogen) atoms. The molecule has 94 valence electrons. The van der Waals surface area contributed by atoms with Crippen molar-refractivity contribution >= 4 is 28.9 Å². The van der Waals surface area contributed by atoms with Gasteiger partial charge < -0.3 is 10.5 Å². The van der Waals surface area contributed by atoms with E-state index in [0.29, 0.717) is 28.1 Å². The van der Waals surface area contributed by atoms with E-state index >= 15 is 0 Å². The van der Waals surface area contributed by atoms with Gasteiger partial charge in [0.2, 0.25) is 0 Å². The van der Waals surface area contributed by atoms with Crippen molar-refractivity contribution in [1.29, 1.82) is 0 Å². The third-order valence-electron chi connectivity index (χ3n) is 2.65. The number of rotatable bonds is 3. The second-order valence-corrected chi connectivity index (χ2v) is 4.83. The highest BCUT2D eigenvalue weighted by molar-refractivity contribution is 6.34. The van der Waals surface area contributed by atoms with Gasteiger partial charge in [0, 0.05) is 22.3 Å². The molecule has 0 radical (unpaired) electrons. The minimum Gasteiger partial charge on any atom is -0.487 e. The average Bonchev–Trinajstić information content (AvgIpc) is 2.34. The normalized spacial score (nSPS) is 10.4. The van der Waals surface area contributed by atoms with E-state index in [9.17, 15) is 0 Å². The second-order valence-electron chi connectivity index (χ2n) is 4.02. The number of halogens is 2. The number of aryl methyl sites for hydroxylation is 1. The number of anilines is 1. The largest absolute Gasteiger partial charge is 0.487 e. The molecular formula is C14H13Cl2NO. The zero-order chi connectivity index (χ0) is 13.1. The fourth-order valence-corrected chi connectivity index (χ4v) is 1.99. The molecule has 2 nitrogen and oxygen atoms in total.